The van der Waals surface area contributed by atoms with Gasteiger partial charge in [0.2, 0.25) is 5.16 Å². The quantitative estimate of drug-likeness (QED) is 0.599. The third kappa shape index (κ3) is 3.68. The molecule has 0 saturated carbocycles. The van der Waals surface area contributed by atoms with Crippen molar-refractivity contribution in [3.63, 3.8) is 0 Å². The molecule has 1 unspecified atom stereocenters. The summed E-state index contributed by atoms with van der Waals surface area (Å²) in [5, 5.41) is 12.3. The van der Waals surface area contributed by atoms with Gasteiger partial charge in [0, 0.05) is 12.2 Å². The lowest BCUT2D eigenvalue weighted by atomic mass is 10.2. The van der Waals surface area contributed by atoms with Crippen molar-refractivity contribution in [2.24, 2.45) is 0 Å². The van der Waals surface area contributed by atoms with Crippen LogP contribution < -0.4 is 0 Å². The highest BCUT2D eigenvalue weighted by Crippen LogP contribution is 2.19. The van der Waals surface area contributed by atoms with Crippen LogP contribution in [0.25, 0.3) is 0 Å². The molecule has 6 nitrogen and oxygen atoms in total. The Morgan fingerprint density at radius 3 is 3.00 bits per heavy atom. The van der Waals surface area contributed by atoms with Crippen LogP contribution in [0.3, 0.4) is 0 Å². The van der Waals surface area contributed by atoms with Gasteiger partial charge in [-0.2, -0.15) is 0 Å². The fourth-order valence-electron chi connectivity index (χ4n) is 2.23. The van der Waals surface area contributed by atoms with Crippen LogP contribution in [0.1, 0.15) is 23.2 Å². The zero-order valence-electron chi connectivity index (χ0n) is 11.5. The number of benzene rings is 1. The molecule has 1 aromatic carbocycles. The van der Waals surface area contributed by atoms with Crippen LogP contribution in [0.4, 0.5) is 0 Å². The Morgan fingerprint density at radius 1 is 1.38 bits per heavy atom. The first-order chi connectivity index (χ1) is 10.3. The number of carbonyl (C=O) groups excluding carboxylic acids is 1. The summed E-state index contributed by atoms with van der Waals surface area (Å²) in [6, 6.07) is 9.25. The van der Waals surface area contributed by atoms with Crippen molar-refractivity contribution in [1.29, 1.82) is 0 Å². The number of aromatic nitrogens is 4. The Kier molecular flexibility index (Phi) is 4.62. The van der Waals surface area contributed by atoms with Gasteiger partial charge in [-0.15, -0.1) is 5.10 Å². The highest BCUT2D eigenvalue weighted by atomic mass is 32.2. The summed E-state index contributed by atoms with van der Waals surface area (Å²) in [5.41, 5.74) is 0.711. The van der Waals surface area contributed by atoms with Crippen LogP contribution in [0.5, 0.6) is 0 Å². The summed E-state index contributed by atoms with van der Waals surface area (Å²) in [7, 11) is 0. The summed E-state index contributed by atoms with van der Waals surface area (Å²) >= 11 is 1.36. The number of rotatable bonds is 6. The van der Waals surface area contributed by atoms with E-state index in [9.17, 15) is 4.79 Å². The monoisotopic (exact) mass is 304 g/mol. The summed E-state index contributed by atoms with van der Waals surface area (Å²) in [6.45, 7) is 1.45. The normalized spacial score (nSPS) is 18.0. The fourth-order valence-corrected chi connectivity index (χ4v) is 3.01. The third-order valence-electron chi connectivity index (χ3n) is 3.33. The summed E-state index contributed by atoms with van der Waals surface area (Å²) in [5.74, 6) is 0.405. The molecule has 0 amide bonds. The molecule has 7 heteroatoms. The van der Waals surface area contributed by atoms with Gasteiger partial charge in [-0.05, 0) is 23.3 Å². The molecule has 1 fully saturated rings. The maximum Gasteiger partial charge on any atom is 0.209 e. The molecule has 0 radical (unpaired) electrons. The average Bonchev–Trinajstić information content (AvgIpc) is 3.18. The Bertz CT molecular complexity index is 596. The van der Waals surface area contributed by atoms with Gasteiger partial charge < -0.3 is 4.74 Å². The largest absolute Gasteiger partial charge is 0.376 e. The second kappa shape index (κ2) is 6.82. The second-order valence-electron chi connectivity index (χ2n) is 4.86. The molecule has 110 valence electrons. The number of ketones is 1. The number of hydrogen-bond acceptors (Lipinski definition) is 6. The molecule has 0 spiro atoms. The lowest BCUT2D eigenvalue weighted by molar-refractivity contribution is 0.0912. The van der Waals surface area contributed by atoms with Gasteiger partial charge in [0.1, 0.15) is 0 Å². The SMILES string of the molecule is O=C(CSc1nnnn1CC1CCCO1)c1ccccc1. The second-order valence-corrected chi connectivity index (χ2v) is 5.80. The van der Waals surface area contributed by atoms with Gasteiger partial charge in [-0.25, -0.2) is 4.68 Å². The molecule has 1 atom stereocenters. The molecule has 3 rings (SSSR count). The number of carbonyl (C=O) groups is 1. The van der Waals surface area contributed by atoms with E-state index in [1.54, 1.807) is 4.68 Å². The lowest BCUT2D eigenvalue weighted by Crippen LogP contribution is -2.17. The van der Waals surface area contributed by atoms with Gasteiger partial charge in [0.05, 0.1) is 18.4 Å². The number of thioether (sulfide) groups is 1. The molecular formula is C14H16N4O2S. The Morgan fingerprint density at radius 2 is 2.24 bits per heavy atom. The van der Waals surface area contributed by atoms with Crippen molar-refractivity contribution in [2.75, 3.05) is 12.4 Å². The minimum absolute atomic E-state index is 0.0762. The minimum atomic E-state index is 0.0762. The van der Waals surface area contributed by atoms with Crippen molar-refractivity contribution in [1.82, 2.24) is 20.2 Å². The first-order valence-electron chi connectivity index (χ1n) is 6.92. The van der Waals surface area contributed by atoms with Crippen molar-refractivity contribution >= 4 is 17.5 Å². The third-order valence-corrected chi connectivity index (χ3v) is 4.28. The summed E-state index contributed by atoms with van der Waals surface area (Å²) < 4.78 is 7.30. The fraction of sp³-hybridized carbons (Fsp3) is 0.429. The van der Waals surface area contributed by atoms with Crippen molar-refractivity contribution in [3.8, 4) is 0 Å². The van der Waals surface area contributed by atoms with E-state index >= 15 is 0 Å². The van der Waals surface area contributed by atoms with Crippen LogP contribution in [-0.4, -0.2) is 44.5 Å². The first-order valence-corrected chi connectivity index (χ1v) is 7.90. The molecule has 2 aromatic rings. The van der Waals surface area contributed by atoms with Gasteiger partial charge in [0.25, 0.3) is 0 Å². The summed E-state index contributed by atoms with van der Waals surface area (Å²) in [6.07, 6.45) is 2.30. The highest BCUT2D eigenvalue weighted by Gasteiger charge is 2.19. The van der Waals surface area contributed by atoms with Crippen LogP contribution in [0.2, 0.25) is 0 Å². The molecule has 0 aliphatic carbocycles. The number of hydrogen-bond donors (Lipinski definition) is 0. The van der Waals surface area contributed by atoms with E-state index in [4.69, 9.17) is 4.74 Å². The van der Waals surface area contributed by atoms with E-state index in [1.807, 2.05) is 30.3 Å². The minimum Gasteiger partial charge on any atom is -0.376 e. The molecule has 0 N–H and O–H groups in total. The molecule has 1 aliphatic rings. The Balaban J connectivity index is 1.58. The number of ether oxygens (including phenoxy) is 1. The molecular weight excluding hydrogens is 288 g/mol. The lowest BCUT2D eigenvalue weighted by Gasteiger charge is -2.09. The van der Waals surface area contributed by atoms with Crippen LogP contribution in [0, 0.1) is 0 Å². The topological polar surface area (TPSA) is 69.9 Å². The van der Waals surface area contributed by atoms with Gasteiger partial charge >= 0.3 is 0 Å². The highest BCUT2D eigenvalue weighted by molar-refractivity contribution is 7.99. The van der Waals surface area contributed by atoms with E-state index < -0.39 is 0 Å². The predicted octanol–water partition coefficient (Wildman–Crippen LogP) is 1.83. The molecule has 1 aliphatic heterocycles. The predicted molar refractivity (Wildman–Crippen MR) is 78.3 cm³/mol. The molecule has 2 heterocycles. The zero-order valence-corrected chi connectivity index (χ0v) is 12.3. The zero-order chi connectivity index (χ0) is 14.5. The van der Waals surface area contributed by atoms with Gasteiger partial charge in [-0.1, -0.05) is 42.1 Å². The van der Waals surface area contributed by atoms with Crippen molar-refractivity contribution in [2.45, 2.75) is 30.6 Å². The smallest absolute Gasteiger partial charge is 0.209 e. The van der Waals surface area contributed by atoms with E-state index in [0.717, 1.165) is 19.4 Å². The van der Waals surface area contributed by atoms with E-state index in [1.165, 1.54) is 11.8 Å². The average molecular weight is 304 g/mol. The molecule has 1 aromatic heterocycles. The van der Waals surface area contributed by atoms with Crippen molar-refractivity contribution < 1.29 is 9.53 Å². The molecule has 1 saturated heterocycles. The number of nitrogens with zero attached hydrogens (tertiary/aromatic N) is 4. The Hall–Kier alpha value is -1.73. The van der Waals surface area contributed by atoms with Gasteiger partial charge in [-0.3, -0.25) is 4.79 Å². The standard InChI is InChI=1S/C14H16N4O2S/c19-13(11-5-2-1-3-6-11)10-21-14-15-16-17-18(14)9-12-7-4-8-20-12/h1-3,5-6,12H,4,7-10H2. The molecule has 21 heavy (non-hydrogen) atoms. The van der Waals surface area contributed by atoms with E-state index in [2.05, 4.69) is 15.5 Å². The summed E-state index contributed by atoms with van der Waals surface area (Å²) in [4.78, 5) is 12.1. The van der Waals surface area contributed by atoms with Crippen LogP contribution in [-0.2, 0) is 11.3 Å². The van der Waals surface area contributed by atoms with Crippen LogP contribution >= 0.6 is 11.8 Å². The first kappa shape index (κ1) is 14.2. The maximum absolute atomic E-state index is 12.1. The van der Waals surface area contributed by atoms with Crippen molar-refractivity contribution in [3.05, 3.63) is 35.9 Å². The van der Waals surface area contributed by atoms with E-state index in [-0.39, 0.29) is 11.9 Å². The van der Waals surface area contributed by atoms with E-state index in [0.29, 0.717) is 23.0 Å². The van der Waals surface area contributed by atoms with Crippen LogP contribution in [0.15, 0.2) is 35.5 Å². The maximum atomic E-state index is 12.1. The number of Topliss-reactive ketones (excluding diaryl/α,β-unsaturated/α-hetero) is 1. The number of tetrazole rings is 1. The molecule has 0 bridgehead atoms. The Labute approximate surface area is 126 Å². The van der Waals surface area contributed by atoms with Gasteiger partial charge in [0.15, 0.2) is 5.78 Å².